The van der Waals surface area contributed by atoms with Gasteiger partial charge in [-0.1, -0.05) is 11.6 Å². The van der Waals surface area contributed by atoms with Gasteiger partial charge in [-0.25, -0.2) is 22.9 Å². The van der Waals surface area contributed by atoms with Gasteiger partial charge in [0.1, 0.15) is 29.5 Å². The highest BCUT2D eigenvalue weighted by Crippen LogP contribution is 2.37. The van der Waals surface area contributed by atoms with E-state index in [4.69, 9.17) is 21.1 Å². The van der Waals surface area contributed by atoms with E-state index < -0.39 is 41.7 Å². The van der Waals surface area contributed by atoms with Gasteiger partial charge >= 0.3 is 5.97 Å². The van der Waals surface area contributed by atoms with Crippen LogP contribution in [0.5, 0.6) is 5.75 Å². The highest BCUT2D eigenvalue weighted by Gasteiger charge is 2.46. The maximum absolute atomic E-state index is 14.7. The van der Waals surface area contributed by atoms with Crippen molar-refractivity contribution >= 4 is 34.9 Å². The van der Waals surface area contributed by atoms with Crippen molar-refractivity contribution in [1.82, 2.24) is 9.97 Å². The van der Waals surface area contributed by atoms with E-state index in [1.54, 1.807) is 0 Å². The van der Waals surface area contributed by atoms with E-state index in [9.17, 15) is 27.9 Å². The molecule has 2 unspecified atom stereocenters. The minimum atomic E-state index is -1.81. The summed E-state index contributed by atoms with van der Waals surface area (Å²) in [6.07, 6.45) is 2.73. The fourth-order valence-electron chi connectivity index (χ4n) is 4.66. The molecule has 204 valence electrons. The number of piperidine rings is 1. The Morgan fingerprint density at radius 1 is 1.18 bits per heavy atom. The average Bonchev–Trinajstić information content (AvgIpc) is 2.90. The van der Waals surface area contributed by atoms with Crippen LogP contribution < -0.4 is 15.0 Å². The first kappa shape index (κ1) is 26.7. The minimum absolute atomic E-state index is 0.00452. The first-order valence-electron chi connectivity index (χ1n) is 12.0. The SMILES string of the molecule is O=C1CCc2c(OCC3(O)CCN(c4c(F)cc(Cl)cc4F)CC3OC(=O)c3cnccn3)ccc(F)c2N1. The number of esters is 1. The smallest absolute Gasteiger partial charge is 0.358 e. The molecule has 0 bridgehead atoms. The number of fused-ring (bicyclic) bond motifs is 1. The number of carbonyl (C=O) groups excluding carboxylic acids is 2. The lowest BCUT2D eigenvalue weighted by atomic mass is 9.88. The van der Waals surface area contributed by atoms with Gasteiger partial charge in [-0.05, 0) is 30.7 Å². The third-order valence-corrected chi connectivity index (χ3v) is 6.90. The second-order valence-electron chi connectivity index (χ2n) is 9.24. The van der Waals surface area contributed by atoms with Gasteiger partial charge in [0.2, 0.25) is 5.91 Å². The van der Waals surface area contributed by atoms with Crippen LogP contribution in [0.1, 0.15) is 28.9 Å². The molecule has 0 radical (unpaired) electrons. The Kier molecular flexibility index (Phi) is 7.32. The van der Waals surface area contributed by atoms with Gasteiger partial charge < -0.3 is 24.8 Å². The molecule has 2 aliphatic heterocycles. The van der Waals surface area contributed by atoms with Gasteiger partial charge in [0.15, 0.2) is 23.4 Å². The van der Waals surface area contributed by atoms with E-state index in [1.807, 2.05) is 0 Å². The summed E-state index contributed by atoms with van der Waals surface area (Å²) >= 11 is 5.76. The van der Waals surface area contributed by atoms with Crippen LogP contribution in [0.2, 0.25) is 5.02 Å². The van der Waals surface area contributed by atoms with E-state index in [0.717, 1.165) is 18.2 Å². The second-order valence-corrected chi connectivity index (χ2v) is 9.67. The molecule has 1 aromatic heterocycles. The molecule has 9 nitrogen and oxygen atoms in total. The summed E-state index contributed by atoms with van der Waals surface area (Å²) in [5.74, 6) is -3.47. The summed E-state index contributed by atoms with van der Waals surface area (Å²) < 4.78 is 55.1. The van der Waals surface area contributed by atoms with Crippen molar-refractivity contribution in [3.63, 3.8) is 0 Å². The molecular formula is C26H22ClF3N4O5. The number of amides is 1. The molecule has 13 heteroatoms. The average molecular weight is 563 g/mol. The first-order valence-corrected chi connectivity index (χ1v) is 12.4. The number of carbonyl (C=O) groups is 2. The zero-order valence-electron chi connectivity index (χ0n) is 20.3. The second kappa shape index (κ2) is 10.7. The Hall–Kier alpha value is -3.90. The van der Waals surface area contributed by atoms with Crippen molar-refractivity contribution in [1.29, 1.82) is 0 Å². The van der Waals surface area contributed by atoms with Crippen LogP contribution in [-0.4, -0.2) is 58.4 Å². The van der Waals surface area contributed by atoms with Gasteiger partial charge in [-0.3, -0.25) is 9.78 Å². The highest BCUT2D eigenvalue weighted by atomic mass is 35.5. The lowest BCUT2D eigenvalue weighted by molar-refractivity contribution is -0.116. The van der Waals surface area contributed by atoms with Gasteiger partial charge in [0.05, 0.1) is 18.4 Å². The molecule has 1 amide bonds. The molecule has 5 rings (SSSR count). The standard InChI is InChI=1S/C26H22ClF3N4O5/c27-14-9-17(29)24(18(30)10-14)34-8-5-26(37,21(12-34)39-25(36)19-11-31-6-7-32-19)13-38-20-3-2-16(28)23-15(20)1-4-22(35)33-23/h2-3,6-7,9-11,21,37H,1,4-5,8,12-13H2,(H,33,35). The van der Waals surface area contributed by atoms with Crippen molar-refractivity contribution in [2.45, 2.75) is 31.0 Å². The summed E-state index contributed by atoms with van der Waals surface area (Å²) in [6, 6.07) is 4.43. The van der Waals surface area contributed by atoms with Crippen molar-refractivity contribution in [3.05, 3.63) is 76.6 Å². The summed E-state index contributed by atoms with van der Waals surface area (Å²) in [4.78, 5) is 33.6. The fourth-order valence-corrected chi connectivity index (χ4v) is 4.85. The molecule has 3 aromatic rings. The predicted octanol–water partition coefficient (Wildman–Crippen LogP) is 3.68. The molecule has 2 N–H and O–H groups in total. The van der Waals surface area contributed by atoms with Gasteiger partial charge in [0, 0.05) is 42.4 Å². The number of aliphatic hydroxyl groups is 1. The van der Waals surface area contributed by atoms with Crippen molar-refractivity contribution in [2.24, 2.45) is 0 Å². The van der Waals surface area contributed by atoms with Crippen LogP contribution >= 0.6 is 11.6 Å². The fraction of sp³-hybridized carbons (Fsp3) is 0.308. The van der Waals surface area contributed by atoms with Crippen molar-refractivity contribution in [2.75, 3.05) is 29.9 Å². The molecule has 0 saturated carbocycles. The predicted molar refractivity (Wildman–Crippen MR) is 133 cm³/mol. The Balaban J connectivity index is 1.42. The number of nitrogens with zero attached hydrogens (tertiary/aromatic N) is 3. The number of halogens is 4. The van der Waals surface area contributed by atoms with E-state index in [1.165, 1.54) is 29.6 Å². The van der Waals surface area contributed by atoms with Gasteiger partial charge in [0.25, 0.3) is 0 Å². The van der Waals surface area contributed by atoms with E-state index >= 15 is 0 Å². The molecule has 3 heterocycles. The molecule has 1 saturated heterocycles. The topological polar surface area (TPSA) is 114 Å². The number of hydrogen-bond acceptors (Lipinski definition) is 8. The van der Waals surface area contributed by atoms with Crippen LogP contribution in [0.25, 0.3) is 0 Å². The van der Waals surface area contributed by atoms with Gasteiger partial charge in [-0.2, -0.15) is 0 Å². The maximum atomic E-state index is 14.7. The molecule has 2 aliphatic rings. The van der Waals surface area contributed by atoms with Crippen LogP contribution in [0, 0.1) is 17.5 Å². The number of hydrogen-bond donors (Lipinski definition) is 2. The minimum Gasteiger partial charge on any atom is -0.490 e. The van der Waals surface area contributed by atoms with Crippen molar-refractivity contribution < 1.29 is 37.3 Å². The van der Waals surface area contributed by atoms with E-state index in [0.29, 0.717) is 5.56 Å². The third kappa shape index (κ3) is 5.48. The number of ether oxygens (including phenoxy) is 2. The Bertz CT molecular complexity index is 1410. The maximum Gasteiger partial charge on any atom is 0.358 e. The van der Waals surface area contributed by atoms with Crippen LogP contribution in [0.15, 0.2) is 42.9 Å². The Morgan fingerprint density at radius 3 is 2.67 bits per heavy atom. The highest BCUT2D eigenvalue weighted by molar-refractivity contribution is 6.30. The lowest BCUT2D eigenvalue weighted by Gasteiger charge is -2.44. The Labute approximate surface area is 225 Å². The number of benzene rings is 2. The van der Waals surface area contributed by atoms with Crippen LogP contribution in [0.4, 0.5) is 24.5 Å². The first-order chi connectivity index (χ1) is 18.6. The Morgan fingerprint density at radius 2 is 1.95 bits per heavy atom. The molecule has 0 spiro atoms. The quantitative estimate of drug-likeness (QED) is 0.438. The number of aromatic nitrogens is 2. The molecular weight excluding hydrogens is 541 g/mol. The van der Waals surface area contributed by atoms with Crippen LogP contribution in [-0.2, 0) is 16.0 Å². The third-order valence-electron chi connectivity index (χ3n) is 6.68. The van der Waals surface area contributed by atoms with Gasteiger partial charge in [-0.15, -0.1) is 0 Å². The molecule has 39 heavy (non-hydrogen) atoms. The summed E-state index contributed by atoms with van der Waals surface area (Å²) in [6.45, 7) is -0.720. The van der Waals surface area contributed by atoms with Crippen LogP contribution in [0.3, 0.4) is 0 Å². The molecule has 0 aliphatic carbocycles. The summed E-state index contributed by atoms with van der Waals surface area (Å²) in [5, 5.41) is 14.0. The number of nitrogens with one attached hydrogen (secondary N) is 1. The van der Waals surface area contributed by atoms with E-state index in [2.05, 4.69) is 15.3 Å². The normalized spacial score (nSPS) is 20.7. The zero-order chi connectivity index (χ0) is 27.7. The lowest BCUT2D eigenvalue weighted by Crippen LogP contribution is -2.60. The molecule has 1 fully saturated rings. The van der Waals surface area contributed by atoms with E-state index in [-0.39, 0.29) is 66.1 Å². The summed E-state index contributed by atoms with van der Waals surface area (Å²) in [5.41, 5.74) is -1.90. The summed E-state index contributed by atoms with van der Waals surface area (Å²) in [7, 11) is 0. The number of anilines is 2. The zero-order valence-corrected chi connectivity index (χ0v) is 21.1. The van der Waals surface area contributed by atoms with Crippen molar-refractivity contribution in [3.8, 4) is 5.75 Å². The largest absolute Gasteiger partial charge is 0.490 e. The molecule has 2 aromatic carbocycles. The monoisotopic (exact) mass is 562 g/mol. The number of rotatable bonds is 6. The molecule has 2 atom stereocenters.